The second-order valence-electron chi connectivity index (χ2n) is 8.84. The molecule has 7 nitrogen and oxygen atoms in total. The zero-order chi connectivity index (χ0) is 27.3. The van der Waals surface area contributed by atoms with E-state index in [0.29, 0.717) is 29.4 Å². The van der Waals surface area contributed by atoms with E-state index in [1.165, 1.54) is 0 Å². The molecule has 0 aliphatic heterocycles. The van der Waals surface area contributed by atoms with Crippen LogP contribution < -0.4 is 15.4 Å². The molecule has 0 radical (unpaired) electrons. The molecule has 4 aromatic carbocycles. The molecular formula is C32H30N2O5. The Morgan fingerprint density at radius 3 is 1.92 bits per heavy atom. The van der Waals surface area contributed by atoms with E-state index in [0.717, 1.165) is 5.56 Å². The Hall–Kier alpha value is -4.75. The van der Waals surface area contributed by atoms with E-state index in [1.807, 2.05) is 66.7 Å². The number of nitrogens with one attached hydrogen (secondary N) is 2. The van der Waals surface area contributed by atoms with Crippen molar-refractivity contribution in [2.75, 3.05) is 11.9 Å². The molecule has 0 aliphatic carbocycles. The average Bonchev–Trinajstić information content (AvgIpc) is 2.98. The van der Waals surface area contributed by atoms with Crippen molar-refractivity contribution >= 4 is 23.3 Å². The van der Waals surface area contributed by atoms with Gasteiger partial charge in [0.1, 0.15) is 17.5 Å². The molecule has 0 aromatic heterocycles. The molecule has 4 rings (SSSR count). The van der Waals surface area contributed by atoms with E-state index in [2.05, 4.69) is 10.6 Å². The number of rotatable bonds is 13. The maximum Gasteiger partial charge on any atom is 0.249 e. The van der Waals surface area contributed by atoms with E-state index in [4.69, 9.17) is 9.47 Å². The Labute approximate surface area is 227 Å². The van der Waals surface area contributed by atoms with Crippen LogP contribution in [0.2, 0.25) is 0 Å². The Morgan fingerprint density at radius 2 is 1.26 bits per heavy atom. The molecular weight excluding hydrogens is 492 g/mol. The van der Waals surface area contributed by atoms with Crippen LogP contribution in [0.1, 0.15) is 28.8 Å². The van der Waals surface area contributed by atoms with Crippen molar-refractivity contribution in [1.29, 1.82) is 0 Å². The van der Waals surface area contributed by atoms with E-state index in [-0.39, 0.29) is 25.2 Å². The van der Waals surface area contributed by atoms with Gasteiger partial charge in [0.15, 0.2) is 5.78 Å². The average molecular weight is 523 g/mol. The lowest BCUT2D eigenvalue weighted by Crippen LogP contribution is -2.46. The molecule has 1 atom stereocenters. The second-order valence-corrected chi connectivity index (χ2v) is 8.84. The standard InChI is InChI=1S/C32H30N2O5/c35-30(25-12-6-2-7-13-25)20-21-31(36)34-29(23-38-22-24-10-4-1-5-11-24)32(37)33-26-16-18-28(19-17-26)39-27-14-8-3-9-15-27/h1-19,29H,20-23H2,(H,33,37)(H,34,36). The van der Waals surface area contributed by atoms with Crippen molar-refractivity contribution in [3.63, 3.8) is 0 Å². The summed E-state index contributed by atoms with van der Waals surface area (Å²) in [4.78, 5) is 38.2. The van der Waals surface area contributed by atoms with E-state index < -0.39 is 17.9 Å². The Bertz CT molecular complexity index is 1340. The highest BCUT2D eigenvalue weighted by atomic mass is 16.5. The summed E-state index contributed by atoms with van der Waals surface area (Å²) in [5.41, 5.74) is 2.04. The second kappa shape index (κ2) is 14.3. The first kappa shape index (κ1) is 27.3. The van der Waals surface area contributed by atoms with Crippen molar-refractivity contribution in [2.24, 2.45) is 0 Å². The van der Waals surface area contributed by atoms with Crippen molar-refractivity contribution in [1.82, 2.24) is 5.32 Å². The van der Waals surface area contributed by atoms with Gasteiger partial charge in [0.05, 0.1) is 13.2 Å². The Kier molecular flexibility index (Phi) is 9.98. The highest BCUT2D eigenvalue weighted by Crippen LogP contribution is 2.22. The molecule has 1 unspecified atom stereocenters. The van der Waals surface area contributed by atoms with Crippen LogP contribution in [0, 0.1) is 0 Å². The van der Waals surface area contributed by atoms with Crippen LogP contribution >= 0.6 is 0 Å². The number of amides is 2. The summed E-state index contributed by atoms with van der Waals surface area (Å²) < 4.78 is 11.6. The number of para-hydroxylation sites is 1. The highest BCUT2D eigenvalue weighted by molar-refractivity contribution is 5.99. The number of anilines is 1. The molecule has 0 aliphatic rings. The molecule has 0 saturated carbocycles. The molecule has 2 N–H and O–H groups in total. The fraction of sp³-hybridized carbons (Fsp3) is 0.156. The number of benzene rings is 4. The first-order valence-corrected chi connectivity index (χ1v) is 12.7. The number of Topliss-reactive ketones (excluding diaryl/α,β-unsaturated/α-hetero) is 1. The molecule has 7 heteroatoms. The Morgan fingerprint density at radius 1 is 0.667 bits per heavy atom. The van der Waals surface area contributed by atoms with Gasteiger partial charge >= 0.3 is 0 Å². The smallest absolute Gasteiger partial charge is 0.249 e. The third-order valence-electron chi connectivity index (χ3n) is 5.82. The molecule has 198 valence electrons. The zero-order valence-electron chi connectivity index (χ0n) is 21.4. The summed E-state index contributed by atoms with van der Waals surface area (Å²) in [7, 11) is 0. The first-order chi connectivity index (χ1) is 19.1. The molecule has 39 heavy (non-hydrogen) atoms. The van der Waals surface area contributed by atoms with Gasteiger partial charge in [-0.2, -0.15) is 0 Å². The van der Waals surface area contributed by atoms with Gasteiger partial charge in [-0.15, -0.1) is 0 Å². The minimum atomic E-state index is -0.951. The summed E-state index contributed by atoms with van der Waals surface area (Å²) in [6.45, 7) is 0.257. The van der Waals surface area contributed by atoms with Gasteiger partial charge < -0.3 is 20.1 Å². The van der Waals surface area contributed by atoms with Crippen molar-refractivity contribution in [3.05, 3.63) is 126 Å². The number of carbonyl (C=O) groups excluding carboxylic acids is 3. The Balaban J connectivity index is 1.35. The van der Waals surface area contributed by atoms with Gasteiger partial charge in [0.2, 0.25) is 11.8 Å². The van der Waals surface area contributed by atoms with Crippen molar-refractivity contribution < 1.29 is 23.9 Å². The summed E-state index contributed by atoms with van der Waals surface area (Å²) in [5.74, 6) is 0.360. The topological polar surface area (TPSA) is 93.7 Å². The molecule has 0 bridgehead atoms. The number of carbonyl (C=O) groups is 3. The number of hydrogen-bond acceptors (Lipinski definition) is 5. The highest BCUT2D eigenvalue weighted by Gasteiger charge is 2.22. The zero-order valence-corrected chi connectivity index (χ0v) is 21.4. The van der Waals surface area contributed by atoms with Gasteiger partial charge in [0, 0.05) is 24.1 Å². The molecule has 0 fully saturated rings. The monoisotopic (exact) mass is 522 g/mol. The molecule has 4 aromatic rings. The lowest BCUT2D eigenvalue weighted by molar-refractivity contribution is -0.128. The minimum absolute atomic E-state index is 0.0334. The molecule has 2 amide bonds. The lowest BCUT2D eigenvalue weighted by Gasteiger charge is -2.19. The third kappa shape index (κ3) is 8.94. The number of ether oxygens (including phenoxy) is 2. The third-order valence-corrected chi connectivity index (χ3v) is 5.82. The number of ketones is 1. The number of hydrogen-bond donors (Lipinski definition) is 2. The normalized spacial score (nSPS) is 11.3. The summed E-state index contributed by atoms with van der Waals surface area (Å²) in [6.07, 6.45) is -0.000348. The van der Waals surface area contributed by atoms with Crippen LogP contribution in [-0.2, 0) is 20.9 Å². The van der Waals surface area contributed by atoms with Crippen LogP contribution in [-0.4, -0.2) is 30.2 Å². The van der Waals surface area contributed by atoms with E-state index >= 15 is 0 Å². The first-order valence-electron chi connectivity index (χ1n) is 12.7. The fourth-order valence-electron chi connectivity index (χ4n) is 3.77. The van der Waals surface area contributed by atoms with Gasteiger partial charge in [0.25, 0.3) is 0 Å². The molecule has 0 spiro atoms. The van der Waals surface area contributed by atoms with Gasteiger partial charge in [-0.25, -0.2) is 0 Å². The summed E-state index contributed by atoms with van der Waals surface area (Å²) >= 11 is 0. The molecule has 0 heterocycles. The van der Waals surface area contributed by atoms with Crippen LogP contribution in [0.25, 0.3) is 0 Å². The SMILES string of the molecule is O=C(CCC(=O)c1ccccc1)NC(COCc1ccccc1)C(=O)Nc1ccc(Oc2ccccc2)cc1. The fourth-order valence-corrected chi connectivity index (χ4v) is 3.77. The van der Waals surface area contributed by atoms with Crippen LogP contribution in [0.15, 0.2) is 115 Å². The van der Waals surface area contributed by atoms with Crippen LogP contribution in [0.4, 0.5) is 5.69 Å². The van der Waals surface area contributed by atoms with Crippen molar-refractivity contribution in [2.45, 2.75) is 25.5 Å². The maximum absolute atomic E-state index is 13.1. The summed E-state index contributed by atoms with van der Waals surface area (Å²) in [5, 5.41) is 5.54. The summed E-state index contributed by atoms with van der Waals surface area (Å²) in [6, 6.07) is 33.7. The maximum atomic E-state index is 13.1. The molecule has 0 saturated heterocycles. The van der Waals surface area contributed by atoms with E-state index in [1.54, 1.807) is 48.5 Å². The quantitative estimate of drug-likeness (QED) is 0.217. The van der Waals surface area contributed by atoms with Crippen LogP contribution in [0.5, 0.6) is 11.5 Å². The predicted octanol–water partition coefficient (Wildman–Crippen LogP) is 5.78. The van der Waals surface area contributed by atoms with E-state index in [9.17, 15) is 14.4 Å². The van der Waals surface area contributed by atoms with Crippen LogP contribution in [0.3, 0.4) is 0 Å². The van der Waals surface area contributed by atoms with Gasteiger partial charge in [-0.3, -0.25) is 14.4 Å². The van der Waals surface area contributed by atoms with Gasteiger partial charge in [-0.05, 0) is 42.0 Å². The lowest BCUT2D eigenvalue weighted by atomic mass is 10.1. The van der Waals surface area contributed by atoms with Crippen molar-refractivity contribution in [3.8, 4) is 11.5 Å². The predicted molar refractivity (Wildman–Crippen MR) is 150 cm³/mol. The largest absolute Gasteiger partial charge is 0.457 e. The minimum Gasteiger partial charge on any atom is -0.457 e. The van der Waals surface area contributed by atoms with Gasteiger partial charge in [-0.1, -0.05) is 78.9 Å².